The third kappa shape index (κ3) is 57.5. The lowest BCUT2D eigenvalue weighted by Gasteiger charge is -2.19. The van der Waals surface area contributed by atoms with Crippen LogP contribution in [-0.2, 0) is 4.79 Å². The Morgan fingerprint density at radius 2 is 0.557 bits per heavy atom. The number of amides is 1. The average Bonchev–Trinajstić information content (AvgIpc) is 3.36. The second kappa shape index (κ2) is 61.9. The average molecular weight is 983 g/mol. The molecule has 0 aliphatic heterocycles. The van der Waals surface area contributed by atoms with Crippen molar-refractivity contribution in [3.05, 3.63) is 36.5 Å². The van der Waals surface area contributed by atoms with Gasteiger partial charge in [0, 0.05) is 6.42 Å². The first-order chi connectivity index (χ1) is 34.7. The molecule has 414 valence electrons. The predicted molar refractivity (Wildman–Crippen MR) is 313 cm³/mol. The zero-order valence-electron chi connectivity index (χ0n) is 47.8. The fourth-order valence-electron chi connectivity index (χ4n) is 10.2. The molecule has 4 heteroatoms. The van der Waals surface area contributed by atoms with Crippen LogP contribution < -0.4 is 5.32 Å². The molecule has 0 aliphatic rings. The van der Waals surface area contributed by atoms with E-state index in [1.54, 1.807) is 6.08 Å². The van der Waals surface area contributed by atoms with Crippen molar-refractivity contribution >= 4 is 5.91 Å². The Bertz CT molecular complexity index is 1070. The molecular formula is C66H127NO3. The topological polar surface area (TPSA) is 69.6 Å². The number of carbonyl (C=O) groups is 1. The Morgan fingerprint density at radius 1 is 0.329 bits per heavy atom. The van der Waals surface area contributed by atoms with Gasteiger partial charge in [-0.1, -0.05) is 333 Å². The van der Waals surface area contributed by atoms with Gasteiger partial charge in [0.1, 0.15) is 0 Å². The maximum absolute atomic E-state index is 12.5. The van der Waals surface area contributed by atoms with Gasteiger partial charge in [0.25, 0.3) is 0 Å². The van der Waals surface area contributed by atoms with E-state index in [4.69, 9.17) is 0 Å². The Kier molecular flexibility index (Phi) is 60.7. The van der Waals surface area contributed by atoms with E-state index >= 15 is 0 Å². The molecule has 0 aliphatic carbocycles. The lowest BCUT2D eigenvalue weighted by molar-refractivity contribution is -0.123. The second-order valence-corrected chi connectivity index (χ2v) is 22.2. The van der Waals surface area contributed by atoms with E-state index in [2.05, 4.69) is 43.5 Å². The molecule has 0 bridgehead atoms. The zero-order valence-corrected chi connectivity index (χ0v) is 47.8. The van der Waals surface area contributed by atoms with Gasteiger partial charge in [-0.25, -0.2) is 0 Å². The van der Waals surface area contributed by atoms with E-state index in [1.165, 1.54) is 308 Å². The normalized spacial score (nSPS) is 12.9. The van der Waals surface area contributed by atoms with Gasteiger partial charge in [0.2, 0.25) is 5.91 Å². The molecular weight excluding hydrogens is 855 g/mol. The third-order valence-corrected chi connectivity index (χ3v) is 15.1. The third-order valence-electron chi connectivity index (χ3n) is 15.1. The summed E-state index contributed by atoms with van der Waals surface area (Å²) in [7, 11) is 0. The fraction of sp³-hybridized carbons (Fsp3) is 0.894. The van der Waals surface area contributed by atoms with Crippen molar-refractivity contribution in [3.8, 4) is 0 Å². The predicted octanol–water partition coefficient (Wildman–Crippen LogP) is 21.6. The van der Waals surface area contributed by atoms with Gasteiger partial charge in [-0.2, -0.15) is 0 Å². The van der Waals surface area contributed by atoms with Crippen molar-refractivity contribution in [1.29, 1.82) is 0 Å². The first-order valence-corrected chi connectivity index (χ1v) is 32.2. The number of aliphatic hydroxyl groups is 2. The van der Waals surface area contributed by atoms with Crippen LogP contribution in [0.4, 0.5) is 0 Å². The molecule has 0 spiro atoms. The van der Waals surface area contributed by atoms with E-state index in [-0.39, 0.29) is 12.5 Å². The van der Waals surface area contributed by atoms with Crippen molar-refractivity contribution in [2.75, 3.05) is 6.61 Å². The molecule has 0 heterocycles. The van der Waals surface area contributed by atoms with E-state index < -0.39 is 12.1 Å². The molecule has 4 nitrogen and oxygen atoms in total. The summed E-state index contributed by atoms with van der Waals surface area (Å²) in [4.78, 5) is 12.5. The Balaban J connectivity index is 3.46. The molecule has 0 aromatic heterocycles. The number of carbonyl (C=O) groups excluding carboxylic acids is 1. The van der Waals surface area contributed by atoms with Crippen molar-refractivity contribution < 1.29 is 15.0 Å². The molecule has 3 N–H and O–H groups in total. The lowest BCUT2D eigenvalue weighted by atomic mass is 10.0. The number of hydrogen-bond donors (Lipinski definition) is 3. The van der Waals surface area contributed by atoms with Crippen LogP contribution in [0.15, 0.2) is 36.5 Å². The highest BCUT2D eigenvalue weighted by Gasteiger charge is 2.18. The minimum absolute atomic E-state index is 0.0670. The van der Waals surface area contributed by atoms with E-state index in [0.717, 1.165) is 32.1 Å². The standard InChI is InChI=1S/C66H127NO3/c1-3-5-7-9-11-13-15-17-19-21-23-25-27-29-30-31-32-33-34-35-36-38-40-42-44-46-48-50-52-54-56-58-60-62-66(70)67-64(63-68)65(69)61-59-57-55-53-51-49-47-45-43-41-39-37-28-26-24-22-20-18-16-14-12-10-8-6-4-2/h29-30,51,53,59,61,64-65,68-69H,3-28,31-50,52,54-58,60,62-63H2,1-2H3,(H,67,70)/b30-29-,53-51+,61-59+. The first kappa shape index (κ1) is 68.6. The van der Waals surface area contributed by atoms with Gasteiger partial charge < -0.3 is 15.5 Å². The maximum Gasteiger partial charge on any atom is 0.220 e. The van der Waals surface area contributed by atoms with Gasteiger partial charge in [-0.05, 0) is 57.8 Å². The summed E-state index contributed by atoms with van der Waals surface area (Å²) in [6.45, 7) is 4.34. The summed E-state index contributed by atoms with van der Waals surface area (Å²) in [5, 5.41) is 23.2. The van der Waals surface area contributed by atoms with Crippen LogP contribution in [0, 0.1) is 0 Å². The molecule has 1 amide bonds. The molecule has 0 fully saturated rings. The van der Waals surface area contributed by atoms with Crippen molar-refractivity contribution in [2.45, 2.75) is 373 Å². The Hall–Kier alpha value is -1.39. The van der Waals surface area contributed by atoms with Crippen LogP contribution in [0.2, 0.25) is 0 Å². The molecule has 0 saturated carbocycles. The Morgan fingerprint density at radius 3 is 0.829 bits per heavy atom. The molecule has 0 aromatic rings. The summed E-state index contributed by atoms with van der Waals surface area (Å²) < 4.78 is 0. The van der Waals surface area contributed by atoms with Crippen LogP contribution in [0.3, 0.4) is 0 Å². The maximum atomic E-state index is 12.5. The van der Waals surface area contributed by atoms with Crippen LogP contribution in [0.1, 0.15) is 361 Å². The number of hydrogen-bond acceptors (Lipinski definition) is 3. The number of allylic oxidation sites excluding steroid dienone is 5. The summed E-state index contributed by atoms with van der Waals surface area (Å²) in [6, 6.07) is -0.639. The van der Waals surface area contributed by atoms with Crippen LogP contribution >= 0.6 is 0 Å². The highest BCUT2D eigenvalue weighted by Crippen LogP contribution is 2.18. The molecule has 0 radical (unpaired) electrons. The minimum atomic E-state index is -0.862. The van der Waals surface area contributed by atoms with E-state index in [1.807, 2.05) is 6.08 Å². The summed E-state index contributed by atoms with van der Waals surface area (Å²) >= 11 is 0. The highest BCUT2D eigenvalue weighted by atomic mass is 16.3. The summed E-state index contributed by atoms with van der Waals surface area (Å²) in [5.41, 5.74) is 0. The monoisotopic (exact) mass is 982 g/mol. The van der Waals surface area contributed by atoms with Crippen LogP contribution in [0.5, 0.6) is 0 Å². The van der Waals surface area contributed by atoms with Gasteiger partial charge >= 0.3 is 0 Å². The summed E-state index contributed by atoms with van der Waals surface area (Å²) in [5.74, 6) is -0.0670. The Labute approximate surface area is 440 Å². The van der Waals surface area contributed by atoms with Crippen molar-refractivity contribution in [3.63, 3.8) is 0 Å². The smallest absolute Gasteiger partial charge is 0.220 e. The largest absolute Gasteiger partial charge is 0.394 e. The molecule has 70 heavy (non-hydrogen) atoms. The SMILES string of the molecule is CCCCCCCCCCCCCC/C=C\CCCCCCCCCCCCCCCCCCCC(=O)NC(CO)C(O)/C=C/CC/C=C/CCCCCCCCCCCCCCCCCCCCC. The van der Waals surface area contributed by atoms with Crippen molar-refractivity contribution in [2.24, 2.45) is 0 Å². The summed E-state index contributed by atoms with van der Waals surface area (Å²) in [6.07, 6.45) is 85.0. The molecule has 0 rings (SSSR count). The fourth-order valence-corrected chi connectivity index (χ4v) is 10.2. The van der Waals surface area contributed by atoms with Gasteiger partial charge in [0.15, 0.2) is 0 Å². The number of aliphatic hydroxyl groups excluding tert-OH is 2. The molecule has 0 saturated heterocycles. The number of unbranched alkanes of at least 4 members (excludes halogenated alkanes) is 49. The van der Waals surface area contributed by atoms with E-state index in [0.29, 0.717) is 6.42 Å². The molecule has 0 aromatic carbocycles. The quantitative estimate of drug-likeness (QED) is 0.0420. The van der Waals surface area contributed by atoms with E-state index in [9.17, 15) is 15.0 Å². The number of rotatable bonds is 60. The lowest BCUT2D eigenvalue weighted by Crippen LogP contribution is -2.45. The van der Waals surface area contributed by atoms with Crippen molar-refractivity contribution in [1.82, 2.24) is 5.32 Å². The zero-order chi connectivity index (χ0) is 50.6. The highest BCUT2D eigenvalue weighted by molar-refractivity contribution is 5.76. The minimum Gasteiger partial charge on any atom is -0.394 e. The first-order valence-electron chi connectivity index (χ1n) is 32.2. The van der Waals surface area contributed by atoms with Gasteiger partial charge in [0.05, 0.1) is 18.8 Å². The van der Waals surface area contributed by atoms with Gasteiger partial charge in [-0.15, -0.1) is 0 Å². The molecule has 2 unspecified atom stereocenters. The van der Waals surface area contributed by atoms with Crippen LogP contribution in [0.25, 0.3) is 0 Å². The van der Waals surface area contributed by atoms with Gasteiger partial charge in [-0.3, -0.25) is 4.79 Å². The molecule has 2 atom stereocenters. The van der Waals surface area contributed by atoms with Crippen LogP contribution in [-0.4, -0.2) is 34.9 Å². The second-order valence-electron chi connectivity index (χ2n) is 22.2. The number of nitrogens with one attached hydrogen (secondary N) is 1.